The zero-order valence-electron chi connectivity index (χ0n) is 17.0. The van der Waals surface area contributed by atoms with Gasteiger partial charge in [0.05, 0.1) is 10.6 Å². The van der Waals surface area contributed by atoms with Crippen LogP contribution in [0.2, 0.25) is 0 Å². The van der Waals surface area contributed by atoms with Crippen LogP contribution in [-0.4, -0.2) is 48.6 Å². The van der Waals surface area contributed by atoms with Crippen molar-refractivity contribution >= 4 is 44.0 Å². The van der Waals surface area contributed by atoms with Crippen molar-refractivity contribution in [2.45, 2.75) is 22.9 Å². The smallest absolute Gasteiger partial charge is 0.284 e. The van der Waals surface area contributed by atoms with Crippen LogP contribution in [0.3, 0.4) is 0 Å². The van der Waals surface area contributed by atoms with Gasteiger partial charge in [0, 0.05) is 23.7 Å². The molecule has 0 saturated heterocycles. The summed E-state index contributed by atoms with van der Waals surface area (Å²) in [5.74, 6) is -1.20. The van der Waals surface area contributed by atoms with Gasteiger partial charge in [-0.1, -0.05) is 30.4 Å². The van der Waals surface area contributed by atoms with Crippen molar-refractivity contribution in [3.05, 3.63) is 47.2 Å². The fourth-order valence-electron chi connectivity index (χ4n) is 2.65. The maximum atomic E-state index is 13.0. The van der Waals surface area contributed by atoms with Crippen LogP contribution >= 0.6 is 23.1 Å². The van der Waals surface area contributed by atoms with Crippen LogP contribution < -0.4 is 4.90 Å². The van der Waals surface area contributed by atoms with Crippen LogP contribution in [0.15, 0.2) is 46.3 Å². The summed E-state index contributed by atoms with van der Waals surface area (Å²) in [6.07, 6.45) is -1.43. The minimum Gasteiger partial charge on any atom is -0.284 e. The SMILES string of the molecule is CCS(=O)(=O)c1cc(-c2ccc(SC)cc2)cnc1C(=O)N(C)c1nnc(C(F)(F)F)s1. The Morgan fingerprint density at radius 1 is 1.16 bits per heavy atom. The number of benzene rings is 1. The van der Waals surface area contributed by atoms with Gasteiger partial charge < -0.3 is 0 Å². The molecular weight excluding hydrogens is 485 g/mol. The van der Waals surface area contributed by atoms with E-state index in [4.69, 9.17) is 0 Å². The average Bonchev–Trinajstić information content (AvgIpc) is 3.29. The maximum Gasteiger partial charge on any atom is 0.445 e. The van der Waals surface area contributed by atoms with Gasteiger partial charge in [0.25, 0.3) is 5.91 Å². The van der Waals surface area contributed by atoms with Gasteiger partial charge in [-0.25, -0.2) is 13.4 Å². The molecule has 0 aliphatic carbocycles. The molecular formula is C19H17F3N4O3S3. The second-order valence-electron chi connectivity index (χ2n) is 6.45. The quantitative estimate of drug-likeness (QED) is 0.461. The number of amides is 1. The molecule has 13 heteroatoms. The average molecular weight is 503 g/mol. The van der Waals surface area contributed by atoms with E-state index in [1.807, 2.05) is 18.4 Å². The van der Waals surface area contributed by atoms with Crippen molar-refractivity contribution in [1.29, 1.82) is 0 Å². The highest BCUT2D eigenvalue weighted by atomic mass is 32.2. The summed E-state index contributed by atoms with van der Waals surface area (Å²) >= 11 is 1.72. The molecule has 0 aliphatic rings. The van der Waals surface area contributed by atoms with Gasteiger partial charge >= 0.3 is 6.18 Å². The van der Waals surface area contributed by atoms with E-state index in [0.29, 0.717) is 11.1 Å². The monoisotopic (exact) mass is 502 g/mol. The molecule has 0 atom stereocenters. The summed E-state index contributed by atoms with van der Waals surface area (Å²) in [5, 5.41) is 4.90. The lowest BCUT2D eigenvalue weighted by atomic mass is 10.1. The molecule has 0 unspecified atom stereocenters. The Morgan fingerprint density at radius 3 is 2.34 bits per heavy atom. The Bertz CT molecular complexity index is 1240. The van der Waals surface area contributed by atoms with E-state index in [9.17, 15) is 26.4 Å². The van der Waals surface area contributed by atoms with E-state index < -0.39 is 32.6 Å². The van der Waals surface area contributed by atoms with E-state index in [2.05, 4.69) is 15.2 Å². The molecule has 3 rings (SSSR count). The number of pyridine rings is 1. The molecule has 1 amide bonds. The standard InChI is InChI=1S/C19H17F3N4O3S3/c1-4-32(28,29)14-9-12(11-5-7-13(30-3)8-6-11)10-23-15(14)16(27)26(2)18-25-24-17(31-18)19(20,21)22/h5-10H,4H2,1-3H3. The van der Waals surface area contributed by atoms with Crippen molar-refractivity contribution in [3.63, 3.8) is 0 Å². The number of nitrogens with zero attached hydrogens (tertiary/aromatic N) is 4. The first-order valence-corrected chi connectivity index (χ1v) is 12.7. The maximum absolute atomic E-state index is 13.0. The molecule has 0 aliphatic heterocycles. The van der Waals surface area contributed by atoms with Crippen molar-refractivity contribution < 1.29 is 26.4 Å². The Labute approximate surface area is 190 Å². The summed E-state index contributed by atoms with van der Waals surface area (Å²) < 4.78 is 63.9. The summed E-state index contributed by atoms with van der Waals surface area (Å²) in [6.45, 7) is 1.42. The number of sulfone groups is 1. The number of halogens is 3. The first-order valence-electron chi connectivity index (χ1n) is 9.04. The molecule has 0 bridgehead atoms. The molecule has 1 aromatic carbocycles. The lowest BCUT2D eigenvalue weighted by Crippen LogP contribution is -2.29. The fourth-order valence-corrected chi connectivity index (χ4v) is 4.78. The van der Waals surface area contributed by atoms with Gasteiger partial charge in [0.2, 0.25) is 10.1 Å². The van der Waals surface area contributed by atoms with Gasteiger partial charge in [0.15, 0.2) is 9.84 Å². The Morgan fingerprint density at radius 2 is 1.81 bits per heavy atom. The lowest BCUT2D eigenvalue weighted by molar-refractivity contribution is -0.138. The highest BCUT2D eigenvalue weighted by molar-refractivity contribution is 7.98. The van der Waals surface area contributed by atoms with Crippen molar-refractivity contribution in [2.75, 3.05) is 24.0 Å². The van der Waals surface area contributed by atoms with Crippen LogP contribution in [0.1, 0.15) is 22.4 Å². The largest absolute Gasteiger partial charge is 0.445 e. The topological polar surface area (TPSA) is 93.1 Å². The molecule has 0 fully saturated rings. The zero-order chi connectivity index (χ0) is 23.7. The number of hydrogen-bond acceptors (Lipinski definition) is 8. The van der Waals surface area contributed by atoms with Crippen molar-refractivity contribution in [3.8, 4) is 11.1 Å². The van der Waals surface area contributed by atoms with E-state index in [-0.39, 0.29) is 27.1 Å². The highest BCUT2D eigenvalue weighted by Crippen LogP contribution is 2.35. The van der Waals surface area contributed by atoms with Gasteiger partial charge in [-0.2, -0.15) is 13.2 Å². The van der Waals surface area contributed by atoms with Crippen molar-refractivity contribution in [2.24, 2.45) is 0 Å². The Hall–Kier alpha value is -2.51. The predicted molar refractivity (Wildman–Crippen MR) is 117 cm³/mol. The molecule has 0 spiro atoms. The van der Waals surface area contributed by atoms with Crippen LogP contribution in [-0.2, 0) is 16.0 Å². The fraction of sp³-hybridized carbons (Fsp3) is 0.263. The Kier molecular flexibility index (Phi) is 6.91. The van der Waals surface area contributed by atoms with E-state index in [1.54, 1.807) is 23.9 Å². The zero-order valence-corrected chi connectivity index (χ0v) is 19.5. The number of carbonyl (C=O) groups is 1. The molecule has 170 valence electrons. The lowest BCUT2D eigenvalue weighted by Gasteiger charge is -2.16. The second kappa shape index (κ2) is 9.16. The summed E-state index contributed by atoms with van der Waals surface area (Å²) in [5.41, 5.74) is 0.788. The number of aromatic nitrogens is 3. The molecule has 0 saturated carbocycles. The Balaban J connectivity index is 2.04. The highest BCUT2D eigenvalue weighted by Gasteiger charge is 2.37. The number of hydrogen-bond donors (Lipinski definition) is 0. The van der Waals surface area contributed by atoms with E-state index in [0.717, 1.165) is 9.80 Å². The van der Waals surface area contributed by atoms with E-state index >= 15 is 0 Å². The van der Waals surface area contributed by atoms with Crippen molar-refractivity contribution in [1.82, 2.24) is 15.2 Å². The molecule has 0 radical (unpaired) electrons. The first kappa shape index (κ1) is 24.1. The molecule has 3 aromatic rings. The third-order valence-corrected chi connectivity index (χ3v) is 7.97. The van der Waals surface area contributed by atoms with Crippen LogP contribution in [0.4, 0.5) is 18.3 Å². The predicted octanol–water partition coefficient (Wildman–Crippen LogP) is 4.41. The van der Waals surface area contributed by atoms with E-state index in [1.165, 1.54) is 26.2 Å². The number of carbonyl (C=O) groups excluding carboxylic acids is 1. The van der Waals surface area contributed by atoms with Gasteiger partial charge in [-0.3, -0.25) is 9.69 Å². The molecule has 7 nitrogen and oxygen atoms in total. The van der Waals surface area contributed by atoms with Gasteiger partial charge in [-0.05, 0) is 30.0 Å². The second-order valence-corrected chi connectivity index (χ2v) is 10.5. The van der Waals surface area contributed by atoms with Crippen LogP contribution in [0.25, 0.3) is 11.1 Å². The minimum absolute atomic E-state index is 0.172. The van der Waals surface area contributed by atoms with Crippen LogP contribution in [0, 0.1) is 0 Å². The first-order chi connectivity index (χ1) is 15.0. The van der Waals surface area contributed by atoms with Gasteiger partial charge in [-0.15, -0.1) is 22.0 Å². The summed E-state index contributed by atoms with van der Waals surface area (Å²) in [7, 11) is -2.70. The molecule has 0 N–H and O–H groups in total. The third-order valence-electron chi connectivity index (χ3n) is 4.44. The number of alkyl halides is 3. The molecule has 32 heavy (non-hydrogen) atoms. The van der Waals surface area contributed by atoms with Crippen LogP contribution in [0.5, 0.6) is 0 Å². The number of thioether (sulfide) groups is 1. The number of anilines is 1. The number of rotatable bonds is 6. The summed E-state index contributed by atoms with van der Waals surface area (Å²) in [4.78, 5) is 18.6. The minimum atomic E-state index is -4.71. The molecule has 2 aromatic heterocycles. The third kappa shape index (κ3) is 4.94. The molecule has 2 heterocycles. The van der Waals surface area contributed by atoms with Gasteiger partial charge in [0.1, 0.15) is 5.69 Å². The normalized spacial score (nSPS) is 12.1. The summed E-state index contributed by atoms with van der Waals surface area (Å²) in [6, 6.07) is 8.70.